The molecule has 1 atom stereocenters. The highest BCUT2D eigenvalue weighted by molar-refractivity contribution is 6.30. The molecule has 1 aromatic heterocycles. The summed E-state index contributed by atoms with van der Waals surface area (Å²) in [5.74, 6) is 0.949. The fourth-order valence-corrected chi connectivity index (χ4v) is 2.40. The van der Waals surface area contributed by atoms with E-state index in [-0.39, 0.29) is 5.92 Å². The molecule has 104 valence electrons. The highest BCUT2D eigenvalue weighted by atomic mass is 35.5. The van der Waals surface area contributed by atoms with Crippen molar-refractivity contribution in [1.29, 1.82) is 0 Å². The summed E-state index contributed by atoms with van der Waals surface area (Å²) in [6, 6.07) is 0. The van der Waals surface area contributed by atoms with Crippen LogP contribution in [0.1, 0.15) is 70.2 Å². The molecule has 4 heteroatoms. The monoisotopic (exact) mass is 272 g/mol. The maximum Gasteiger partial charge on any atom is 0.132 e. The van der Waals surface area contributed by atoms with Crippen LogP contribution in [0, 0.1) is 5.92 Å². The van der Waals surface area contributed by atoms with Crippen molar-refractivity contribution in [3.05, 3.63) is 16.4 Å². The second-order valence-electron chi connectivity index (χ2n) is 5.71. The maximum absolute atomic E-state index is 10.3. The summed E-state index contributed by atoms with van der Waals surface area (Å²) in [6.07, 6.45) is 2.40. The summed E-state index contributed by atoms with van der Waals surface area (Å²) in [5.41, 5.74) is 1.73. The van der Waals surface area contributed by atoms with Crippen LogP contribution in [0.15, 0.2) is 0 Å². The first-order valence-corrected chi connectivity index (χ1v) is 7.12. The number of aryl methyl sites for hydroxylation is 1. The van der Waals surface area contributed by atoms with Gasteiger partial charge in [-0.2, -0.15) is 5.10 Å². The van der Waals surface area contributed by atoms with Crippen molar-refractivity contribution in [1.82, 2.24) is 9.78 Å². The SMILES string of the molecule is CC(C)CCCC(O)c1c(C(C)C)nn(C)c1Cl. The minimum Gasteiger partial charge on any atom is -0.388 e. The van der Waals surface area contributed by atoms with Crippen LogP contribution in [-0.2, 0) is 7.05 Å². The molecular weight excluding hydrogens is 248 g/mol. The minimum absolute atomic E-state index is 0.276. The van der Waals surface area contributed by atoms with E-state index in [1.54, 1.807) is 4.68 Å². The van der Waals surface area contributed by atoms with Crippen molar-refractivity contribution < 1.29 is 5.11 Å². The topological polar surface area (TPSA) is 38.1 Å². The van der Waals surface area contributed by atoms with E-state index in [1.807, 2.05) is 7.05 Å². The molecule has 0 fully saturated rings. The van der Waals surface area contributed by atoms with Gasteiger partial charge in [-0.25, -0.2) is 0 Å². The summed E-state index contributed by atoms with van der Waals surface area (Å²) in [7, 11) is 1.82. The Bertz CT molecular complexity index is 385. The van der Waals surface area contributed by atoms with E-state index in [1.165, 1.54) is 0 Å². The minimum atomic E-state index is -0.498. The number of aliphatic hydroxyl groups is 1. The molecule has 1 unspecified atom stereocenters. The molecular formula is C14H25ClN2O. The van der Waals surface area contributed by atoms with E-state index in [4.69, 9.17) is 11.6 Å². The molecule has 0 aromatic carbocycles. The number of halogens is 1. The third-order valence-corrected chi connectivity index (χ3v) is 3.63. The van der Waals surface area contributed by atoms with Crippen molar-refractivity contribution in [2.24, 2.45) is 13.0 Å². The fraction of sp³-hybridized carbons (Fsp3) is 0.786. The molecule has 1 heterocycles. The van der Waals surface area contributed by atoms with Crippen molar-refractivity contribution in [2.45, 2.75) is 59.0 Å². The Morgan fingerprint density at radius 2 is 1.83 bits per heavy atom. The predicted molar refractivity (Wildman–Crippen MR) is 76.0 cm³/mol. The zero-order valence-electron chi connectivity index (χ0n) is 12.1. The van der Waals surface area contributed by atoms with Crippen LogP contribution in [0.25, 0.3) is 0 Å². The van der Waals surface area contributed by atoms with Crippen molar-refractivity contribution >= 4 is 11.6 Å². The first-order chi connectivity index (χ1) is 8.34. The molecule has 0 aliphatic carbocycles. The van der Waals surface area contributed by atoms with Crippen LogP contribution in [0.3, 0.4) is 0 Å². The van der Waals surface area contributed by atoms with Crippen molar-refractivity contribution in [2.75, 3.05) is 0 Å². The standard InChI is InChI=1S/C14H25ClN2O/c1-9(2)7-6-8-11(18)12-13(10(3)4)16-17(5)14(12)15/h9-11,18H,6-8H2,1-5H3. The van der Waals surface area contributed by atoms with Crippen LogP contribution >= 0.6 is 11.6 Å². The first kappa shape index (κ1) is 15.5. The highest BCUT2D eigenvalue weighted by Gasteiger charge is 2.23. The van der Waals surface area contributed by atoms with Gasteiger partial charge in [0.15, 0.2) is 0 Å². The van der Waals surface area contributed by atoms with Crippen LogP contribution < -0.4 is 0 Å². The Hall–Kier alpha value is -0.540. The van der Waals surface area contributed by atoms with E-state index in [0.717, 1.165) is 30.5 Å². The van der Waals surface area contributed by atoms with Gasteiger partial charge in [-0.15, -0.1) is 0 Å². The van der Waals surface area contributed by atoms with E-state index >= 15 is 0 Å². The zero-order valence-corrected chi connectivity index (χ0v) is 12.8. The summed E-state index contributed by atoms with van der Waals surface area (Å²) in [6.45, 7) is 8.54. The van der Waals surface area contributed by atoms with E-state index < -0.39 is 6.10 Å². The Morgan fingerprint density at radius 3 is 2.33 bits per heavy atom. The van der Waals surface area contributed by atoms with Gasteiger partial charge in [-0.1, -0.05) is 52.1 Å². The van der Waals surface area contributed by atoms with Crippen LogP contribution in [0.5, 0.6) is 0 Å². The second kappa shape index (κ2) is 6.58. The van der Waals surface area contributed by atoms with Gasteiger partial charge in [0, 0.05) is 12.6 Å². The lowest BCUT2D eigenvalue weighted by Crippen LogP contribution is -2.03. The largest absolute Gasteiger partial charge is 0.388 e. The quantitative estimate of drug-likeness (QED) is 0.848. The molecule has 0 radical (unpaired) electrons. The van der Waals surface area contributed by atoms with E-state index in [2.05, 4.69) is 32.8 Å². The molecule has 0 aliphatic heterocycles. The number of hydrogen-bond donors (Lipinski definition) is 1. The zero-order chi connectivity index (χ0) is 13.9. The average Bonchev–Trinajstić information content (AvgIpc) is 2.55. The number of rotatable bonds is 6. The Balaban J connectivity index is 2.80. The Labute approximate surface area is 115 Å². The van der Waals surface area contributed by atoms with Gasteiger partial charge >= 0.3 is 0 Å². The first-order valence-electron chi connectivity index (χ1n) is 6.74. The molecule has 0 amide bonds. The van der Waals surface area contributed by atoms with Gasteiger partial charge in [0.25, 0.3) is 0 Å². The molecule has 0 aliphatic rings. The number of aromatic nitrogens is 2. The molecule has 0 saturated carbocycles. The number of aliphatic hydroxyl groups excluding tert-OH is 1. The number of nitrogens with zero attached hydrogens (tertiary/aromatic N) is 2. The highest BCUT2D eigenvalue weighted by Crippen LogP contribution is 2.33. The Kier molecular flexibility index (Phi) is 5.67. The van der Waals surface area contributed by atoms with Gasteiger partial charge in [0.1, 0.15) is 5.15 Å². The smallest absolute Gasteiger partial charge is 0.132 e. The maximum atomic E-state index is 10.3. The number of hydrogen-bond acceptors (Lipinski definition) is 2. The second-order valence-corrected chi connectivity index (χ2v) is 6.07. The van der Waals surface area contributed by atoms with E-state index in [0.29, 0.717) is 11.1 Å². The molecule has 1 rings (SSSR count). The Morgan fingerprint density at radius 1 is 1.22 bits per heavy atom. The summed E-state index contributed by atoms with van der Waals surface area (Å²) >= 11 is 6.23. The van der Waals surface area contributed by atoms with Gasteiger partial charge in [-0.3, -0.25) is 4.68 Å². The van der Waals surface area contributed by atoms with Gasteiger partial charge in [-0.05, 0) is 18.3 Å². The molecule has 3 nitrogen and oxygen atoms in total. The third kappa shape index (κ3) is 3.72. The average molecular weight is 273 g/mol. The van der Waals surface area contributed by atoms with Crippen LogP contribution in [0.4, 0.5) is 0 Å². The predicted octanol–water partition coefficient (Wildman–Crippen LogP) is 4.06. The molecule has 1 N–H and O–H groups in total. The summed E-state index contributed by atoms with van der Waals surface area (Å²) in [5, 5.41) is 15.3. The molecule has 0 spiro atoms. The van der Waals surface area contributed by atoms with Crippen LogP contribution in [-0.4, -0.2) is 14.9 Å². The molecule has 0 bridgehead atoms. The normalized spacial score (nSPS) is 13.6. The van der Waals surface area contributed by atoms with Crippen molar-refractivity contribution in [3.63, 3.8) is 0 Å². The van der Waals surface area contributed by atoms with Crippen molar-refractivity contribution in [3.8, 4) is 0 Å². The van der Waals surface area contributed by atoms with E-state index in [9.17, 15) is 5.11 Å². The lowest BCUT2D eigenvalue weighted by molar-refractivity contribution is 0.160. The summed E-state index contributed by atoms with van der Waals surface area (Å²) in [4.78, 5) is 0. The molecule has 0 saturated heterocycles. The molecule has 18 heavy (non-hydrogen) atoms. The van der Waals surface area contributed by atoms with Gasteiger partial charge in [0.2, 0.25) is 0 Å². The lowest BCUT2D eigenvalue weighted by atomic mass is 9.97. The van der Waals surface area contributed by atoms with Gasteiger partial charge in [0.05, 0.1) is 11.8 Å². The van der Waals surface area contributed by atoms with Crippen LogP contribution in [0.2, 0.25) is 5.15 Å². The fourth-order valence-electron chi connectivity index (χ4n) is 2.14. The third-order valence-electron chi connectivity index (χ3n) is 3.18. The summed E-state index contributed by atoms with van der Waals surface area (Å²) < 4.78 is 1.65. The molecule has 1 aromatic rings. The lowest BCUT2D eigenvalue weighted by Gasteiger charge is -2.13. The van der Waals surface area contributed by atoms with Gasteiger partial charge < -0.3 is 5.11 Å².